The minimum Gasteiger partial charge on any atom is -0.486 e. The first kappa shape index (κ1) is 13.4. The SMILES string of the molecule is CN1CC(CN)CC1c1ccc(C=O)c2c1OCCO2. The van der Waals surface area contributed by atoms with Gasteiger partial charge >= 0.3 is 0 Å². The summed E-state index contributed by atoms with van der Waals surface area (Å²) in [7, 11) is 2.10. The van der Waals surface area contributed by atoms with Crippen molar-refractivity contribution in [3.05, 3.63) is 23.3 Å². The van der Waals surface area contributed by atoms with Crippen LogP contribution in [0.3, 0.4) is 0 Å². The average molecular weight is 276 g/mol. The molecule has 0 spiro atoms. The van der Waals surface area contributed by atoms with Gasteiger partial charge in [-0.25, -0.2) is 0 Å². The number of aldehydes is 1. The van der Waals surface area contributed by atoms with Gasteiger partial charge in [0.15, 0.2) is 17.8 Å². The Hall–Kier alpha value is -1.59. The van der Waals surface area contributed by atoms with Crippen molar-refractivity contribution in [1.29, 1.82) is 0 Å². The zero-order valence-corrected chi connectivity index (χ0v) is 11.7. The molecule has 108 valence electrons. The summed E-state index contributed by atoms with van der Waals surface area (Å²) >= 11 is 0. The summed E-state index contributed by atoms with van der Waals surface area (Å²) < 4.78 is 11.4. The molecule has 2 N–H and O–H groups in total. The lowest BCUT2D eigenvalue weighted by molar-refractivity contribution is 0.111. The summed E-state index contributed by atoms with van der Waals surface area (Å²) in [4.78, 5) is 13.4. The van der Waals surface area contributed by atoms with Gasteiger partial charge in [0.25, 0.3) is 0 Å². The quantitative estimate of drug-likeness (QED) is 0.841. The molecule has 0 aliphatic carbocycles. The largest absolute Gasteiger partial charge is 0.486 e. The van der Waals surface area contributed by atoms with Crippen LogP contribution in [0.4, 0.5) is 0 Å². The lowest BCUT2D eigenvalue weighted by atomic mass is 9.97. The topological polar surface area (TPSA) is 64.8 Å². The Bertz CT molecular complexity index is 518. The normalized spacial score (nSPS) is 25.7. The van der Waals surface area contributed by atoms with Crippen molar-refractivity contribution in [2.24, 2.45) is 11.7 Å². The van der Waals surface area contributed by atoms with Gasteiger partial charge in [0.1, 0.15) is 13.2 Å². The minimum atomic E-state index is 0.278. The van der Waals surface area contributed by atoms with Gasteiger partial charge in [0.05, 0.1) is 5.56 Å². The van der Waals surface area contributed by atoms with Gasteiger partial charge in [-0.05, 0) is 32.0 Å². The molecule has 5 nitrogen and oxygen atoms in total. The molecule has 1 aromatic carbocycles. The van der Waals surface area contributed by atoms with E-state index in [4.69, 9.17) is 15.2 Å². The van der Waals surface area contributed by atoms with Crippen molar-refractivity contribution in [2.75, 3.05) is 33.4 Å². The van der Waals surface area contributed by atoms with Crippen LogP contribution >= 0.6 is 0 Å². The molecule has 3 rings (SSSR count). The summed E-state index contributed by atoms with van der Waals surface area (Å²) in [6.07, 6.45) is 1.83. The number of fused-ring (bicyclic) bond motifs is 1. The van der Waals surface area contributed by atoms with Gasteiger partial charge in [0, 0.05) is 18.2 Å². The summed E-state index contributed by atoms with van der Waals surface area (Å²) in [5, 5.41) is 0. The van der Waals surface area contributed by atoms with Gasteiger partial charge in [0.2, 0.25) is 0 Å². The minimum absolute atomic E-state index is 0.278. The summed E-state index contributed by atoms with van der Waals surface area (Å²) in [5.74, 6) is 1.83. The molecule has 1 saturated heterocycles. The van der Waals surface area contributed by atoms with E-state index in [0.29, 0.717) is 37.0 Å². The highest BCUT2D eigenvalue weighted by molar-refractivity contribution is 5.82. The first-order valence-corrected chi connectivity index (χ1v) is 7.02. The van der Waals surface area contributed by atoms with E-state index >= 15 is 0 Å². The molecular formula is C15H20N2O3. The standard InChI is InChI=1S/C15H20N2O3/c1-17-8-10(7-16)6-13(17)12-3-2-11(9-18)14-15(12)20-5-4-19-14/h2-3,9-10,13H,4-8,16H2,1H3. The predicted octanol–water partition coefficient (Wildman–Crippen LogP) is 1.22. The molecule has 2 unspecified atom stereocenters. The zero-order chi connectivity index (χ0) is 14.1. The summed E-state index contributed by atoms with van der Waals surface area (Å²) in [5.41, 5.74) is 7.45. The number of ether oxygens (including phenoxy) is 2. The molecule has 0 bridgehead atoms. The van der Waals surface area contributed by atoms with Gasteiger partial charge in [-0.1, -0.05) is 6.07 Å². The number of hydrogen-bond acceptors (Lipinski definition) is 5. The fourth-order valence-electron chi connectivity index (χ4n) is 3.17. The van der Waals surface area contributed by atoms with Crippen LogP contribution in [0.15, 0.2) is 12.1 Å². The van der Waals surface area contributed by atoms with Crippen LogP contribution in [0, 0.1) is 5.92 Å². The number of hydrogen-bond donors (Lipinski definition) is 1. The molecular weight excluding hydrogens is 256 g/mol. The Morgan fingerprint density at radius 2 is 2.10 bits per heavy atom. The van der Waals surface area contributed by atoms with Crippen LogP contribution in [0.1, 0.15) is 28.4 Å². The monoisotopic (exact) mass is 276 g/mol. The molecule has 20 heavy (non-hydrogen) atoms. The first-order chi connectivity index (χ1) is 9.74. The maximum absolute atomic E-state index is 11.1. The second-order valence-corrected chi connectivity index (χ2v) is 5.51. The van der Waals surface area contributed by atoms with Gasteiger partial charge in [-0.2, -0.15) is 0 Å². The number of nitrogens with two attached hydrogens (primary N) is 1. The highest BCUT2D eigenvalue weighted by Gasteiger charge is 2.33. The molecule has 2 aliphatic heterocycles. The molecule has 0 saturated carbocycles. The van der Waals surface area contributed by atoms with Gasteiger partial charge in [-0.3, -0.25) is 9.69 Å². The molecule has 2 atom stereocenters. The number of likely N-dealkylation sites (tertiary alicyclic amines) is 1. The van der Waals surface area contributed by atoms with Gasteiger partial charge < -0.3 is 15.2 Å². The maximum atomic E-state index is 11.1. The van der Waals surface area contributed by atoms with Crippen LogP contribution in [-0.2, 0) is 0 Å². The van der Waals surface area contributed by atoms with E-state index in [9.17, 15) is 4.79 Å². The zero-order valence-electron chi connectivity index (χ0n) is 11.7. The molecule has 0 aromatic heterocycles. The highest BCUT2D eigenvalue weighted by Crippen LogP contribution is 2.44. The molecule has 2 heterocycles. The van der Waals surface area contributed by atoms with Crippen molar-refractivity contribution in [1.82, 2.24) is 4.90 Å². The summed E-state index contributed by atoms with van der Waals surface area (Å²) in [6.45, 7) is 2.71. The second-order valence-electron chi connectivity index (χ2n) is 5.51. The van der Waals surface area contributed by atoms with E-state index in [1.165, 1.54) is 0 Å². The Kier molecular flexibility index (Phi) is 3.63. The summed E-state index contributed by atoms with van der Waals surface area (Å²) in [6, 6.07) is 4.08. The molecule has 5 heteroatoms. The van der Waals surface area contributed by atoms with E-state index in [0.717, 1.165) is 30.6 Å². The molecule has 1 aromatic rings. The van der Waals surface area contributed by atoms with Crippen LogP contribution in [-0.4, -0.2) is 44.5 Å². The van der Waals surface area contributed by atoms with Crippen molar-refractivity contribution in [2.45, 2.75) is 12.5 Å². The Balaban J connectivity index is 2.00. The number of rotatable bonds is 3. The number of carbonyl (C=O) groups excluding carboxylic acids is 1. The van der Waals surface area contributed by atoms with Crippen molar-refractivity contribution >= 4 is 6.29 Å². The van der Waals surface area contributed by atoms with Crippen LogP contribution < -0.4 is 15.2 Å². The number of benzene rings is 1. The van der Waals surface area contributed by atoms with Crippen molar-refractivity contribution in [3.8, 4) is 11.5 Å². The average Bonchev–Trinajstić information content (AvgIpc) is 2.87. The molecule has 0 amide bonds. The third-order valence-corrected chi connectivity index (χ3v) is 4.20. The lowest BCUT2D eigenvalue weighted by Crippen LogP contribution is -2.23. The second kappa shape index (κ2) is 5.42. The highest BCUT2D eigenvalue weighted by atomic mass is 16.6. The van der Waals surface area contributed by atoms with E-state index in [1.807, 2.05) is 12.1 Å². The third-order valence-electron chi connectivity index (χ3n) is 4.20. The third kappa shape index (κ3) is 2.17. The lowest BCUT2D eigenvalue weighted by Gasteiger charge is -2.27. The predicted molar refractivity (Wildman–Crippen MR) is 75.4 cm³/mol. The fourth-order valence-corrected chi connectivity index (χ4v) is 3.17. The first-order valence-electron chi connectivity index (χ1n) is 7.02. The Morgan fingerprint density at radius 1 is 1.35 bits per heavy atom. The van der Waals surface area contributed by atoms with Gasteiger partial charge in [-0.15, -0.1) is 0 Å². The van der Waals surface area contributed by atoms with Crippen LogP contribution in [0.2, 0.25) is 0 Å². The molecule has 1 fully saturated rings. The van der Waals surface area contributed by atoms with E-state index in [2.05, 4.69) is 11.9 Å². The fraction of sp³-hybridized carbons (Fsp3) is 0.533. The maximum Gasteiger partial charge on any atom is 0.172 e. The van der Waals surface area contributed by atoms with E-state index in [-0.39, 0.29) is 6.04 Å². The number of carbonyl (C=O) groups is 1. The smallest absolute Gasteiger partial charge is 0.172 e. The van der Waals surface area contributed by atoms with Crippen molar-refractivity contribution in [3.63, 3.8) is 0 Å². The number of nitrogens with zero attached hydrogens (tertiary/aromatic N) is 1. The Morgan fingerprint density at radius 3 is 2.75 bits per heavy atom. The Labute approximate surface area is 118 Å². The van der Waals surface area contributed by atoms with E-state index in [1.54, 1.807) is 0 Å². The molecule has 2 aliphatic rings. The van der Waals surface area contributed by atoms with Crippen LogP contribution in [0.5, 0.6) is 11.5 Å². The van der Waals surface area contributed by atoms with Crippen molar-refractivity contribution < 1.29 is 14.3 Å². The van der Waals surface area contributed by atoms with E-state index < -0.39 is 0 Å². The molecule has 0 radical (unpaired) electrons. The van der Waals surface area contributed by atoms with Crippen LogP contribution in [0.25, 0.3) is 0 Å².